The predicted octanol–water partition coefficient (Wildman–Crippen LogP) is 4.27. The first kappa shape index (κ1) is 16.4. The molecular weight excluding hydrogens is 312 g/mol. The van der Waals surface area contributed by atoms with E-state index in [2.05, 4.69) is 9.97 Å². The van der Waals surface area contributed by atoms with E-state index in [0.29, 0.717) is 6.61 Å². The van der Waals surface area contributed by atoms with Crippen LogP contribution in [0.25, 0.3) is 11.1 Å². The first-order valence-electron chi connectivity index (χ1n) is 8.11. The molecule has 122 valence electrons. The molecule has 1 unspecified atom stereocenters. The Bertz CT molecular complexity index is 613. The third-order valence-electron chi connectivity index (χ3n) is 3.95. The summed E-state index contributed by atoms with van der Waals surface area (Å²) in [7, 11) is 0. The Morgan fingerprint density at radius 2 is 2.09 bits per heavy atom. The summed E-state index contributed by atoms with van der Waals surface area (Å²) in [6, 6.07) is 7.77. The largest absolute Gasteiger partial charge is 0.353 e. The van der Waals surface area contributed by atoms with Gasteiger partial charge in [0.1, 0.15) is 6.33 Å². The average molecular weight is 333 g/mol. The lowest BCUT2D eigenvalue weighted by atomic mass is 10.0. The van der Waals surface area contributed by atoms with E-state index in [9.17, 15) is 0 Å². The molecule has 4 nitrogen and oxygen atoms in total. The molecule has 1 saturated heterocycles. The molecule has 5 heteroatoms. The van der Waals surface area contributed by atoms with Gasteiger partial charge in [0.2, 0.25) is 0 Å². The highest BCUT2D eigenvalue weighted by Crippen LogP contribution is 2.24. The van der Waals surface area contributed by atoms with Crippen LogP contribution >= 0.6 is 11.6 Å². The fraction of sp³-hybridized carbons (Fsp3) is 0.444. The quantitative estimate of drug-likeness (QED) is 0.741. The topological polar surface area (TPSA) is 44.2 Å². The van der Waals surface area contributed by atoms with Crippen molar-refractivity contribution >= 4 is 11.6 Å². The number of aryl methyl sites for hydroxylation is 1. The lowest BCUT2D eigenvalue weighted by Gasteiger charge is -2.22. The number of benzene rings is 1. The second kappa shape index (κ2) is 8.39. The van der Waals surface area contributed by atoms with Gasteiger partial charge in [0.25, 0.3) is 0 Å². The van der Waals surface area contributed by atoms with Gasteiger partial charge in [0.15, 0.2) is 6.29 Å². The van der Waals surface area contributed by atoms with Gasteiger partial charge in [-0.2, -0.15) is 0 Å². The van der Waals surface area contributed by atoms with Gasteiger partial charge in [-0.05, 0) is 49.8 Å². The zero-order chi connectivity index (χ0) is 15.9. The highest BCUT2D eigenvalue weighted by atomic mass is 35.5. The molecule has 3 rings (SSSR count). The summed E-state index contributed by atoms with van der Waals surface area (Å²) in [6.07, 6.45) is 8.54. The number of rotatable bonds is 6. The summed E-state index contributed by atoms with van der Waals surface area (Å²) >= 11 is 5.96. The van der Waals surface area contributed by atoms with Gasteiger partial charge >= 0.3 is 0 Å². The molecule has 0 radical (unpaired) electrons. The molecule has 0 spiro atoms. The van der Waals surface area contributed by atoms with E-state index in [4.69, 9.17) is 21.1 Å². The molecule has 2 aromatic rings. The minimum atomic E-state index is -0.0233. The summed E-state index contributed by atoms with van der Waals surface area (Å²) in [6.45, 7) is 1.51. The monoisotopic (exact) mass is 332 g/mol. The Balaban J connectivity index is 1.56. The summed E-state index contributed by atoms with van der Waals surface area (Å²) < 4.78 is 11.4. The van der Waals surface area contributed by atoms with E-state index in [1.807, 2.05) is 30.5 Å². The van der Waals surface area contributed by atoms with E-state index in [1.54, 1.807) is 6.33 Å². The van der Waals surface area contributed by atoms with Crippen LogP contribution in [-0.2, 0) is 15.9 Å². The van der Waals surface area contributed by atoms with Crippen molar-refractivity contribution < 1.29 is 9.47 Å². The van der Waals surface area contributed by atoms with Crippen molar-refractivity contribution in [2.24, 2.45) is 0 Å². The number of ether oxygens (including phenoxy) is 2. The van der Waals surface area contributed by atoms with Crippen molar-refractivity contribution in [3.8, 4) is 11.1 Å². The fourth-order valence-corrected chi connectivity index (χ4v) is 2.85. The highest BCUT2D eigenvalue weighted by Gasteiger charge is 2.14. The summed E-state index contributed by atoms with van der Waals surface area (Å²) in [5.74, 6) is 0. The summed E-state index contributed by atoms with van der Waals surface area (Å²) in [5, 5.41) is 0.730. The van der Waals surface area contributed by atoms with Crippen LogP contribution in [-0.4, -0.2) is 29.5 Å². The molecule has 1 aliphatic rings. The SMILES string of the molecule is Clc1ccc(-c2cncnc2CCCOC2CCCCO2)cc1. The predicted molar refractivity (Wildman–Crippen MR) is 90.3 cm³/mol. The third-order valence-corrected chi connectivity index (χ3v) is 4.20. The van der Waals surface area contributed by atoms with Crippen LogP contribution in [0.5, 0.6) is 0 Å². The van der Waals surface area contributed by atoms with Crippen molar-refractivity contribution in [1.29, 1.82) is 0 Å². The van der Waals surface area contributed by atoms with Crippen LogP contribution in [0.2, 0.25) is 5.02 Å². The van der Waals surface area contributed by atoms with Gasteiger partial charge in [-0.25, -0.2) is 9.97 Å². The van der Waals surface area contributed by atoms with Gasteiger partial charge in [-0.3, -0.25) is 0 Å². The summed E-state index contributed by atoms with van der Waals surface area (Å²) in [5.41, 5.74) is 3.18. The number of hydrogen-bond donors (Lipinski definition) is 0. The van der Waals surface area contributed by atoms with Crippen molar-refractivity contribution in [1.82, 2.24) is 9.97 Å². The van der Waals surface area contributed by atoms with E-state index in [0.717, 1.165) is 54.1 Å². The first-order chi connectivity index (χ1) is 11.3. The number of nitrogens with zero attached hydrogens (tertiary/aromatic N) is 2. The maximum absolute atomic E-state index is 5.96. The maximum Gasteiger partial charge on any atom is 0.157 e. The molecule has 1 aromatic carbocycles. The second-order valence-electron chi connectivity index (χ2n) is 5.66. The number of aromatic nitrogens is 2. The first-order valence-corrected chi connectivity index (χ1v) is 8.49. The van der Waals surface area contributed by atoms with Crippen molar-refractivity contribution in [2.75, 3.05) is 13.2 Å². The molecule has 1 aliphatic heterocycles. The Morgan fingerprint density at radius 3 is 2.87 bits per heavy atom. The Labute approximate surface area is 141 Å². The van der Waals surface area contributed by atoms with Crippen LogP contribution in [0.1, 0.15) is 31.4 Å². The third kappa shape index (κ3) is 4.74. The highest BCUT2D eigenvalue weighted by molar-refractivity contribution is 6.30. The average Bonchev–Trinajstić information content (AvgIpc) is 2.61. The van der Waals surface area contributed by atoms with Gasteiger partial charge in [0, 0.05) is 23.4 Å². The smallest absolute Gasteiger partial charge is 0.157 e. The van der Waals surface area contributed by atoms with E-state index in [1.165, 1.54) is 6.42 Å². The van der Waals surface area contributed by atoms with Crippen LogP contribution in [0, 0.1) is 0 Å². The second-order valence-corrected chi connectivity index (χ2v) is 6.10. The number of halogens is 1. The van der Waals surface area contributed by atoms with E-state index >= 15 is 0 Å². The molecule has 0 aliphatic carbocycles. The zero-order valence-corrected chi connectivity index (χ0v) is 13.8. The van der Waals surface area contributed by atoms with Gasteiger partial charge < -0.3 is 9.47 Å². The number of hydrogen-bond acceptors (Lipinski definition) is 4. The molecular formula is C18H21ClN2O2. The molecule has 1 aromatic heterocycles. The van der Waals surface area contributed by atoms with Gasteiger partial charge in [-0.1, -0.05) is 23.7 Å². The van der Waals surface area contributed by atoms with Crippen molar-refractivity contribution in [3.05, 3.63) is 47.5 Å². The van der Waals surface area contributed by atoms with Crippen LogP contribution in [0.15, 0.2) is 36.8 Å². The molecule has 2 heterocycles. The normalized spacial score (nSPS) is 18.0. The lowest BCUT2D eigenvalue weighted by Crippen LogP contribution is -2.22. The molecule has 23 heavy (non-hydrogen) atoms. The summed E-state index contributed by atoms with van der Waals surface area (Å²) in [4.78, 5) is 8.58. The fourth-order valence-electron chi connectivity index (χ4n) is 2.72. The minimum Gasteiger partial charge on any atom is -0.353 e. The molecule has 0 amide bonds. The molecule has 0 saturated carbocycles. The molecule has 0 bridgehead atoms. The lowest BCUT2D eigenvalue weighted by molar-refractivity contribution is -0.162. The molecule has 1 fully saturated rings. The van der Waals surface area contributed by atoms with Crippen LogP contribution in [0.4, 0.5) is 0 Å². The van der Waals surface area contributed by atoms with Crippen LogP contribution in [0.3, 0.4) is 0 Å². The Hall–Kier alpha value is -1.49. The van der Waals surface area contributed by atoms with Crippen LogP contribution < -0.4 is 0 Å². The van der Waals surface area contributed by atoms with E-state index < -0.39 is 0 Å². The Kier molecular flexibility index (Phi) is 5.97. The Morgan fingerprint density at radius 1 is 1.22 bits per heavy atom. The van der Waals surface area contributed by atoms with Crippen molar-refractivity contribution in [2.45, 2.75) is 38.4 Å². The minimum absolute atomic E-state index is 0.0233. The van der Waals surface area contributed by atoms with Crippen molar-refractivity contribution in [3.63, 3.8) is 0 Å². The van der Waals surface area contributed by atoms with E-state index in [-0.39, 0.29) is 6.29 Å². The molecule has 1 atom stereocenters. The maximum atomic E-state index is 5.96. The van der Waals surface area contributed by atoms with Gasteiger partial charge in [-0.15, -0.1) is 0 Å². The van der Waals surface area contributed by atoms with Gasteiger partial charge in [0.05, 0.1) is 12.3 Å². The standard InChI is InChI=1S/C18H21ClN2O2/c19-15-8-6-14(7-9-15)16-12-20-13-21-17(16)4-3-11-23-18-5-1-2-10-22-18/h6-9,12-13,18H,1-5,10-11H2. The zero-order valence-electron chi connectivity index (χ0n) is 13.1. The molecule has 0 N–H and O–H groups in total.